The van der Waals surface area contributed by atoms with E-state index in [9.17, 15) is 0 Å². The van der Waals surface area contributed by atoms with Gasteiger partial charge in [0.1, 0.15) is 12.4 Å². The highest BCUT2D eigenvalue weighted by molar-refractivity contribution is 5.90. The summed E-state index contributed by atoms with van der Waals surface area (Å²) >= 11 is 0. The van der Waals surface area contributed by atoms with Crippen LogP contribution in [0.4, 0.5) is 0 Å². The van der Waals surface area contributed by atoms with E-state index in [2.05, 4.69) is 40.6 Å². The number of rotatable bonds is 3. The van der Waals surface area contributed by atoms with Crippen molar-refractivity contribution in [3.63, 3.8) is 0 Å². The van der Waals surface area contributed by atoms with E-state index >= 15 is 0 Å². The average molecular weight is 278 g/mol. The first kappa shape index (κ1) is 12.5. The highest BCUT2D eigenvalue weighted by atomic mass is 16.5. The summed E-state index contributed by atoms with van der Waals surface area (Å²) in [6.07, 6.45) is 1.06. The lowest BCUT2D eigenvalue weighted by molar-refractivity contribution is 0.310. The average Bonchev–Trinajstić information content (AvgIpc) is 2.93. The van der Waals surface area contributed by atoms with Gasteiger partial charge in [-0.1, -0.05) is 36.4 Å². The summed E-state index contributed by atoms with van der Waals surface area (Å²) < 4.78 is 6.09. The predicted molar refractivity (Wildman–Crippen MR) is 84.5 cm³/mol. The van der Waals surface area contributed by atoms with Crippen LogP contribution in [0, 0.1) is 0 Å². The van der Waals surface area contributed by atoms with Crippen molar-refractivity contribution in [3.05, 3.63) is 65.4 Å². The van der Waals surface area contributed by atoms with Crippen molar-refractivity contribution in [3.8, 4) is 5.75 Å². The normalized spacial score (nSPS) is 14.1. The molecule has 1 aliphatic rings. The van der Waals surface area contributed by atoms with E-state index in [1.54, 1.807) is 0 Å². The van der Waals surface area contributed by atoms with Crippen molar-refractivity contribution < 1.29 is 4.74 Å². The van der Waals surface area contributed by atoms with Crippen LogP contribution in [0.2, 0.25) is 0 Å². The number of ether oxygens (including phenoxy) is 1. The molecule has 0 bridgehead atoms. The van der Waals surface area contributed by atoms with Gasteiger partial charge in [0.25, 0.3) is 0 Å². The topological polar surface area (TPSA) is 37.0 Å². The van der Waals surface area contributed by atoms with E-state index in [-0.39, 0.29) is 0 Å². The number of hydrogen-bond acceptors (Lipinski definition) is 2. The second kappa shape index (κ2) is 5.26. The largest absolute Gasteiger partial charge is 0.488 e. The fourth-order valence-corrected chi connectivity index (χ4v) is 3.04. The molecule has 0 spiro atoms. The zero-order valence-electron chi connectivity index (χ0n) is 11.9. The minimum atomic E-state index is 0.609. The Balaban J connectivity index is 1.70. The van der Waals surface area contributed by atoms with Crippen molar-refractivity contribution in [2.75, 3.05) is 6.54 Å². The molecule has 1 aliphatic heterocycles. The third kappa shape index (κ3) is 2.30. The lowest BCUT2D eigenvalue weighted by Crippen LogP contribution is -2.23. The van der Waals surface area contributed by atoms with Crippen LogP contribution < -0.4 is 10.1 Å². The maximum atomic E-state index is 6.09. The highest BCUT2D eigenvalue weighted by Gasteiger charge is 2.17. The first-order chi connectivity index (χ1) is 10.4. The molecule has 3 aromatic rings. The molecule has 0 fully saturated rings. The number of aromatic amines is 1. The number of benzene rings is 2. The Kier molecular flexibility index (Phi) is 3.13. The lowest BCUT2D eigenvalue weighted by Gasteiger charge is -2.14. The standard InChI is InChI=1S/C18H18N2O/c1-2-5-13(6-3-1)12-21-17-8-4-7-15-18(17)14-9-10-19-11-16(14)20-15/h1-8,19-20H,9-12H2. The fourth-order valence-electron chi connectivity index (χ4n) is 3.04. The zero-order valence-corrected chi connectivity index (χ0v) is 11.9. The molecule has 0 aliphatic carbocycles. The van der Waals surface area contributed by atoms with Gasteiger partial charge in [0, 0.05) is 23.1 Å². The first-order valence-electron chi connectivity index (χ1n) is 7.42. The second-order valence-corrected chi connectivity index (χ2v) is 5.46. The van der Waals surface area contributed by atoms with E-state index in [0.717, 1.165) is 25.3 Å². The van der Waals surface area contributed by atoms with Crippen LogP contribution in [0.3, 0.4) is 0 Å². The van der Waals surface area contributed by atoms with Gasteiger partial charge >= 0.3 is 0 Å². The Morgan fingerprint density at radius 2 is 1.90 bits per heavy atom. The van der Waals surface area contributed by atoms with Gasteiger partial charge in [-0.05, 0) is 36.2 Å². The summed E-state index contributed by atoms with van der Waals surface area (Å²) in [6, 6.07) is 16.6. The molecule has 0 unspecified atom stereocenters. The molecular formula is C18H18N2O. The van der Waals surface area contributed by atoms with Gasteiger partial charge in [0.15, 0.2) is 0 Å². The van der Waals surface area contributed by atoms with Crippen molar-refractivity contribution in [1.29, 1.82) is 0 Å². The molecule has 106 valence electrons. The second-order valence-electron chi connectivity index (χ2n) is 5.46. The minimum absolute atomic E-state index is 0.609. The maximum absolute atomic E-state index is 6.09. The summed E-state index contributed by atoms with van der Waals surface area (Å²) in [7, 11) is 0. The number of fused-ring (bicyclic) bond motifs is 3. The molecule has 2 heterocycles. The Labute approximate surface area is 123 Å². The first-order valence-corrected chi connectivity index (χ1v) is 7.42. The molecule has 0 saturated carbocycles. The lowest BCUT2D eigenvalue weighted by atomic mass is 10.0. The van der Waals surface area contributed by atoms with Crippen molar-refractivity contribution in [2.24, 2.45) is 0 Å². The quantitative estimate of drug-likeness (QED) is 0.770. The van der Waals surface area contributed by atoms with Gasteiger partial charge in [0.2, 0.25) is 0 Å². The molecule has 3 heteroatoms. The number of nitrogens with one attached hydrogen (secondary N) is 2. The van der Waals surface area contributed by atoms with E-state index in [1.807, 2.05) is 18.2 Å². The Morgan fingerprint density at radius 3 is 2.81 bits per heavy atom. The molecule has 4 rings (SSSR count). The van der Waals surface area contributed by atoms with E-state index in [0.29, 0.717) is 6.61 Å². The highest BCUT2D eigenvalue weighted by Crippen LogP contribution is 2.33. The van der Waals surface area contributed by atoms with Crippen LogP contribution in [-0.2, 0) is 19.6 Å². The molecule has 2 N–H and O–H groups in total. The fraction of sp³-hybridized carbons (Fsp3) is 0.222. The SMILES string of the molecule is c1ccc(COc2cccc3[nH]c4c(c23)CCNC4)cc1. The smallest absolute Gasteiger partial charge is 0.129 e. The third-order valence-electron chi connectivity index (χ3n) is 4.07. The van der Waals surface area contributed by atoms with Crippen LogP contribution in [-0.4, -0.2) is 11.5 Å². The maximum Gasteiger partial charge on any atom is 0.129 e. The number of aromatic nitrogens is 1. The molecular weight excluding hydrogens is 260 g/mol. The predicted octanol–water partition coefficient (Wildman–Crippen LogP) is 3.39. The van der Waals surface area contributed by atoms with Crippen LogP contribution in [0.25, 0.3) is 10.9 Å². The zero-order chi connectivity index (χ0) is 14.1. The summed E-state index contributed by atoms with van der Waals surface area (Å²) in [4.78, 5) is 3.51. The van der Waals surface area contributed by atoms with Gasteiger partial charge in [-0.3, -0.25) is 0 Å². The number of hydrogen-bond donors (Lipinski definition) is 2. The van der Waals surface area contributed by atoms with Gasteiger partial charge in [0.05, 0.1) is 0 Å². The van der Waals surface area contributed by atoms with Gasteiger partial charge in [-0.15, -0.1) is 0 Å². The third-order valence-corrected chi connectivity index (χ3v) is 4.07. The molecule has 0 radical (unpaired) electrons. The molecule has 2 aromatic carbocycles. The van der Waals surface area contributed by atoms with Crippen molar-refractivity contribution in [1.82, 2.24) is 10.3 Å². The molecule has 0 atom stereocenters. The van der Waals surface area contributed by atoms with Gasteiger partial charge in [-0.2, -0.15) is 0 Å². The van der Waals surface area contributed by atoms with E-state index < -0.39 is 0 Å². The Bertz CT molecular complexity index is 761. The monoisotopic (exact) mass is 278 g/mol. The molecule has 0 amide bonds. The van der Waals surface area contributed by atoms with Crippen LogP contribution in [0.5, 0.6) is 5.75 Å². The summed E-state index contributed by atoms with van der Waals surface area (Å²) in [6.45, 7) is 2.56. The van der Waals surface area contributed by atoms with Gasteiger partial charge < -0.3 is 15.0 Å². The molecule has 21 heavy (non-hydrogen) atoms. The Morgan fingerprint density at radius 1 is 1.00 bits per heavy atom. The van der Waals surface area contributed by atoms with Crippen LogP contribution >= 0.6 is 0 Å². The van der Waals surface area contributed by atoms with Gasteiger partial charge in [-0.25, -0.2) is 0 Å². The van der Waals surface area contributed by atoms with Crippen molar-refractivity contribution >= 4 is 10.9 Å². The molecule has 1 aromatic heterocycles. The van der Waals surface area contributed by atoms with Crippen LogP contribution in [0.15, 0.2) is 48.5 Å². The van der Waals surface area contributed by atoms with E-state index in [1.165, 1.54) is 27.7 Å². The minimum Gasteiger partial charge on any atom is -0.488 e. The molecule has 3 nitrogen and oxygen atoms in total. The molecule has 0 saturated heterocycles. The summed E-state index contributed by atoms with van der Waals surface area (Å²) in [5.41, 5.74) is 5.08. The van der Waals surface area contributed by atoms with Crippen LogP contribution in [0.1, 0.15) is 16.8 Å². The van der Waals surface area contributed by atoms with E-state index in [4.69, 9.17) is 4.74 Å². The summed E-state index contributed by atoms with van der Waals surface area (Å²) in [5, 5.41) is 4.66. The van der Waals surface area contributed by atoms with Crippen molar-refractivity contribution in [2.45, 2.75) is 19.6 Å². The Hall–Kier alpha value is -2.26. The summed E-state index contributed by atoms with van der Waals surface area (Å²) in [5.74, 6) is 0.982. The number of H-pyrrole nitrogens is 1.